The van der Waals surface area contributed by atoms with E-state index in [1.165, 1.54) is 21.5 Å². The number of nitrogens with zero attached hydrogens (tertiary/aromatic N) is 5. The second-order valence-electron chi connectivity index (χ2n) is 8.38. The van der Waals surface area contributed by atoms with Crippen molar-refractivity contribution in [3.8, 4) is 11.5 Å². The summed E-state index contributed by atoms with van der Waals surface area (Å²) < 4.78 is 26.5. The molecule has 0 radical (unpaired) electrons. The van der Waals surface area contributed by atoms with Crippen LogP contribution in [-0.2, 0) is 23.1 Å². The van der Waals surface area contributed by atoms with Crippen LogP contribution in [0.25, 0.3) is 22.4 Å². The number of aromatic amines is 1. The normalized spacial score (nSPS) is 15.2. The van der Waals surface area contributed by atoms with E-state index in [2.05, 4.69) is 20.1 Å². The summed E-state index contributed by atoms with van der Waals surface area (Å²) in [6.45, 7) is 5.67. The highest BCUT2D eigenvalue weighted by molar-refractivity contribution is 7.89. The van der Waals surface area contributed by atoms with E-state index in [0.29, 0.717) is 32.8 Å². The van der Waals surface area contributed by atoms with Crippen molar-refractivity contribution in [2.24, 2.45) is 0 Å². The molecule has 178 valence electrons. The first-order chi connectivity index (χ1) is 16.2. The Hall–Kier alpha value is -2.66. The van der Waals surface area contributed by atoms with Crippen LogP contribution in [0.2, 0.25) is 10.0 Å². The Balaban J connectivity index is 1.48. The first kappa shape index (κ1) is 23.1. The van der Waals surface area contributed by atoms with Crippen molar-refractivity contribution in [1.82, 2.24) is 29.2 Å². The molecule has 5 rings (SSSR count). The van der Waals surface area contributed by atoms with Gasteiger partial charge in [0.1, 0.15) is 11.2 Å². The number of aromatic nitrogens is 5. The Kier molecular flexibility index (Phi) is 5.79. The lowest BCUT2D eigenvalue weighted by atomic mass is 10.2. The smallest absolute Gasteiger partial charge is 0.217 e. The predicted octanol–water partition coefficient (Wildman–Crippen LogP) is 4.37. The van der Waals surface area contributed by atoms with Crippen molar-refractivity contribution in [3.63, 3.8) is 0 Å². The van der Waals surface area contributed by atoms with Gasteiger partial charge in [0.05, 0.1) is 39.8 Å². The Morgan fingerprint density at radius 1 is 1.09 bits per heavy atom. The lowest BCUT2D eigenvalue weighted by Gasteiger charge is -2.18. The second kappa shape index (κ2) is 8.53. The SMILES string of the molecule is CC(On1nc(-c2nc3c([nH]2)CN(S(=O)(=O)C(C)C)C3)c2ccccc21)c1c(Cl)cncc1Cl. The molecule has 0 amide bonds. The number of hydrogen-bond donors (Lipinski definition) is 1. The number of H-pyrrole nitrogens is 1. The lowest BCUT2D eigenvalue weighted by molar-refractivity contribution is 0.0332. The van der Waals surface area contributed by atoms with Gasteiger partial charge in [-0.1, -0.05) is 46.2 Å². The molecule has 1 N–H and O–H groups in total. The standard InChI is InChI=1S/C22H22Cl2N6O3S/c1-12(2)34(31,32)29-10-17-18(11-29)27-22(26-17)21-14-6-4-5-7-19(14)30(28-21)33-13(3)20-15(23)8-25-9-16(20)24/h4-9,12-13H,10-11H2,1-3H3,(H,26,27). The van der Waals surface area contributed by atoms with Crippen LogP contribution >= 0.6 is 23.2 Å². The average Bonchev–Trinajstić information content (AvgIpc) is 3.45. The van der Waals surface area contributed by atoms with Crippen molar-refractivity contribution >= 4 is 44.1 Å². The number of halogens is 2. The van der Waals surface area contributed by atoms with E-state index in [9.17, 15) is 8.42 Å². The molecule has 4 aromatic rings. The van der Waals surface area contributed by atoms with Crippen molar-refractivity contribution in [1.29, 1.82) is 0 Å². The summed E-state index contributed by atoms with van der Waals surface area (Å²) in [5, 5.41) is 5.81. The molecule has 3 aromatic heterocycles. The molecule has 1 unspecified atom stereocenters. The quantitative estimate of drug-likeness (QED) is 0.404. The third kappa shape index (κ3) is 3.84. The molecule has 0 spiro atoms. The van der Waals surface area contributed by atoms with Gasteiger partial charge < -0.3 is 9.82 Å². The maximum Gasteiger partial charge on any atom is 0.217 e. The highest BCUT2D eigenvalue weighted by atomic mass is 35.5. The van der Waals surface area contributed by atoms with E-state index >= 15 is 0 Å². The highest BCUT2D eigenvalue weighted by Crippen LogP contribution is 2.33. The van der Waals surface area contributed by atoms with Gasteiger partial charge in [-0.05, 0) is 26.8 Å². The Morgan fingerprint density at radius 3 is 2.47 bits per heavy atom. The van der Waals surface area contributed by atoms with Gasteiger partial charge in [0.15, 0.2) is 11.9 Å². The van der Waals surface area contributed by atoms with Crippen LogP contribution in [0.4, 0.5) is 0 Å². The maximum atomic E-state index is 12.5. The number of pyridine rings is 1. The monoisotopic (exact) mass is 520 g/mol. The van der Waals surface area contributed by atoms with E-state index in [-0.39, 0.29) is 13.1 Å². The van der Waals surface area contributed by atoms with Crippen LogP contribution in [0.3, 0.4) is 0 Å². The Bertz CT molecular complexity index is 1450. The zero-order valence-electron chi connectivity index (χ0n) is 18.7. The van der Waals surface area contributed by atoms with E-state index in [0.717, 1.165) is 16.6 Å². The Morgan fingerprint density at radius 2 is 1.79 bits per heavy atom. The summed E-state index contributed by atoms with van der Waals surface area (Å²) in [5.41, 5.74) is 3.42. The predicted molar refractivity (Wildman–Crippen MR) is 130 cm³/mol. The molecule has 1 aliphatic heterocycles. The molecule has 0 fully saturated rings. The first-order valence-electron chi connectivity index (χ1n) is 10.7. The fraction of sp³-hybridized carbons (Fsp3) is 0.318. The van der Waals surface area contributed by atoms with Crippen molar-refractivity contribution in [2.45, 2.75) is 45.2 Å². The molecule has 1 atom stereocenters. The number of fused-ring (bicyclic) bond motifs is 2. The molecule has 0 saturated carbocycles. The van der Waals surface area contributed by atoms with Gasteiger partial charge in [-0.25, -0.2) is 13.4 Å². The summed E-state index contributed by atoms with van der Waals surface area (Å²) in [6, 6.07) is 7.62. The zero-order chi connectivity index (χ0) is 24.2. The molecule has 34 heavy (non-hydrogen) atoms. The molecular weight excluding hydrogens is 499 g/mol. The summed E-state index contributed by atoms with van der Waals surface area (Å²) >= 11 is 12.6. The number of benzene rings is 1. The van der Waals surface area contributed by atoms with Gasteiger partial charge in [-0.15, -0.1) is 5.10 Å². The third-order valence-corrected chi connectivity index (χ3v) is 8.59. The summed E-state index contributed by atoms with van der Waals surface area (Å²) in [5.74, 6) is 0.553. The minimum atomic E-state index is -3.36. The van der Waals surface area contributed by atoms with Gasteiger partial charge in [0.25, 0.3) is 0 Å². The Labute approximate surface area is 206 Å². The van der Waals surface area contributed by atoms with Crippen LogP contribution < -0.4 is 4.84 Å². The summed E-state index contributed by atoms with van der Waals surface area (Å²) in [6.07, 6.45) is 2.53. The molecular formula is C22H22Cl2N6O3S. The van der Waals surface area contributed by atoms with Crippen molar-refractivity contribution in [2.75, 3.05) is 0 Å². The molecule has 12 heteroatoms. The number of imidazole rings is 1. The number of nitrogens with one attached hydrogen (secondary N) is 1. The first-order valence-corrected chi connectivity index (χ1v) is 12.9. The lowest BCUT2D eigenvalue weighted by Crippen LogP contribution is -2.32. The molecule has 1 aromatic carbocycles. The maximum absolute atomic E-state index is 12.5. The number of rotatable bonds is 6. The molecule has 4 heterocycles. The fourth-order valence-electron chi connectivity index (χ4n) is 4.00. The number of sulfonamides is 1. The average molecular weight is 521 g/mol. The minimum Gasteiger partial charge on any atom is -0.388 e. The third-order valence-electron chi connectivity index (χ3n) is 5.82. The number of para-hydroxylation sites is 1. The second-order valence-corrected chi connectivity index (χ2v) is 11.7. The molecule has 0 bridgehead atoms. The summed E-state index contributed by atoms with van der Waals surface area (Å²) in [4.78, 5) is 19.5. The van der Waals surface area contributed by atoms with Crippen molar-refractivity contribution < 1.29 is 13.3 Å². The van der Waals surface area contributed by atoms with Crippen LogP contribution in [0.15, 0.2) is 36.7 Å². The van der Waals surface area contributed by atoms with Crippen LogP contribution in [0, 0.1) is 0 Å². The molecule has 9 nitrogen and oxygen atoms in total. The van der Waals surface area contributed by atoms with Gasteiger partial charge in [0, 0.05) is 23.3 Å². The van der Waals surface area contributed by atoms with Gasteiger partial charge >= 0.3 is 0 Å². The van der Waals surface area contributed by atoms with Crippen LogP contribution in [0.1, 0.15) is 43.8 Å². The van der Waals surface area contributed by atoms with Crippen molar-refractivity contribution in [3.05, 3.63) is 63.7 Å². The van der Waals surface area contributed by atoms with E-state index in [1.54, 1.807) is 13.8 Å². The van der Waals surface area contributed by atoms with Gasteiger partial charge in [-0.2, -0.15) is 4.31 Å². The van der Waals surface area contributed by atoms with E-state index in [1.807, 2.05) is 31.2 Å². The highest BCUT2D eigenvalue weighted by Gasteiger charge is 2.34. The van der Waals surface area contributed by atoms with Crippen LogP contribution in [-0.4, -0.2) is 42.9 Å². The molecule has 1 aliphatic rings. The number of hydrogen-bond acceptors (Lipinski definition) is 6. The summed E-state index contributed by atoms with van der Waals surface area (Å²) in [7, 11) is -3.36. The minimum absolute atomic E-state index is 0.234. The van der Waals surface area contributed by atoms with E-state index in [4.69, 9.17) is 28.0 Å². The topological polar surface area (TPSA) is 106 Å². The fourth-order valence-corrected chi connectivity index (χ4v) is 5.88. The van der Waals surface area contributed by atoms with E-state index < -0.39 is 21.4 Å². The van der Waals surface area contributed by atoms with Gasteiger partial charge in [0.2, 0.25) is 10.0 Å². The zero-order valence-corrected chi connectivity index (χ0v) is 21.0. The largest absolute Gasteiger partial charge is 0.388 e. The van der Waals surface area contributed by atoms with Crippen LogP contribution in [0.5, 0.6) is 0 Å². The molecule has 0 saturated heterocycles. The van der Waals surface area contributed by atoms with Gasteiger partial charge in [-0.3, -0.25) is 4.98 Å². The molecule has 0 aliphatic carbocycles.